The largest absolute Gasteiger partial charge is 0.650 e. The second-order valence-corrected chi connectivity index (χ2v) is 3.96. The van der Waals surface area contributed by atoms with Crippen molar-refractivity contribution in [2.75, 3.05) is 7.11 Å². The fourth-order valence-corrected chi connectivity index (χ4v) is 1.77. The van der Waals surface area contributed by atoms with Gasteiger partial charge in [-0.2, -0.15) is 0 Å². The van der Waals surface area contributed by atoms with Crippen LogP contribution in [-0.4, -0.2) is 28.7 Å². The molecule has 0 aliphatic heterocycles. The first-order chi connectivity index (χ1) is 8.15. The Morgan fingerprint density at radius 2 is 2.06 bits per heavy atom. The monoisotopic (exact) mass is 246 g/mol. The summed E-state index contributed by atoms with van der Waals surface area (Å²) in [6.45, 7) is 3.80. The molecule has 1 radical (unpaired) electrons. The number of benzene rings is 1. The van der Waals surface area contributed by atoms with E-state index in [0.29, 0.717) is 5.89 Å². The lowest BCUT2D eigenvalue weighted by molar-refractivity contribution is 0.414. The Kier molecular flexibility index (Phi) is 3.41. The van der Waals surface area contributed by atoms with Gasteiger partial charge in [0.15, 0.2) is 0 Å². The van der Waals surface area contributed by atoms with Crippen LogP contribution in [0.3, 0.4) is 0 Å². The average molecular weight is 246 g/mol. The molecule has 0 spiro atoms. The molecular formula is C12H13AlNO3. The average Bonchev–Trinajstić information content (AvgIpc) is 2.68. The van der Waals surface area contributed by atoms with E-state index in [1.807, 2.05) is 32.0 Å². The summed E-state index contributed by atoms with van der Waals surface area (Å²) >= 11 is 1.42. The van der Waals surface area contributed by atoms with Crippen molar-refractivity contribution in [2.24, 2.45) is 0 Å². The minimum atomic E-state index is 0.556. The van der Waals surface area contributed by atoms with E-state index in [4.69, 9.17) is 12.9 Å². The molecule has 0 fully saturated rings. The number of rotatable bonds is 3. The van der Waals surface area contributed by atoms with Gasteiger partial charge in [0.2, 0.25) is 5.89 Å². The number of hydrogen-bond donors (Lipinski definition) is 0. The summed E-state index contributed by atoms with van der Waals surface area (Å²) in [6.07, 6.45) is 0. The van der Waals surface area contributed by atoms with E-state index in [0.717, 1.165) is 28.5 Å². The molecule has 2 aromatic rings. The molecule has 0 saturated carbocycles. The highest BCUT2D eigenvalue weighted by Gasteiger charge is 2.13. The van der Waals surface area contributed by atoms with Gasteiger partial charge in [0, 0.05) is 0 Å². The molecule has 0 amide bonds. The molecule has 0 aliphatic rings. The molecule has 0 N–H and O–H groups in total. The fraction of sp³-hybridized carbons (Fsp3) is 0.250. The van der Waals surface area contributed by atoms with Crippen molar-refractivity contribution in [3.8, 4) is 23.0 Å². The molecule has 0 atom stereocenters. The Balaban J connectivity index is 2.55. The molecule has 1 aromatic heterocycles. The molecule has 1 heterocycles. The van der Waals surface area contributed by atoms with Crippen LogP contribution in [0.15, 0.2) is 22.6 Å². The van der Waals surface area contributed by atoms with E-state index >= 15 is 0 Å². The molecule has 17 heavy (non-hydrogen) atoms. The van der Waals surface area contributed by atoms with Crippen molar-refractivity contribution >= 4 is 16.6 Å². The van der Waals surface area contributed by atoms with Crippen molar-refractivity contribution in [1.82, 2.24) is 4.98 Å². The van der Waals surface area contributed by atoms with Crippen molar-refractivity contribution in [2.45, 2.75) is 13.8 Å². The predicted molar refractivity (Wildman–Crippen MR) is 65.7 cm³/mol. The van der Waals surface area contributed by atoms with Crippen LogP contribution in [0.4, 0.5) is 0 Å². The highest BCUT2D eigenvalue weighted by atomic mass is 27.1. The Hall–Kier alpha value is -1.44. The minimum absolute atomic E-state index is 0.556. The smallest absolute Gasteiger partial charge is 0.494 e. The Bertz CT molecular complexity index is 517. The fourth-order valence-electron chi connectivity index (χ4n) is 1.52. The number of methoxy groups -OCH3 is 1. The first-order valence-corrected chi connectivity index (χ1v) is 5.78. The van der Waals surface area contributed by atoms with Crippen molar-refractivity contribution in [1.29, 1.82) is 0 Å². The maximum Gasteiger partial charge on any atom is 0.494 e. The molecule has 0 unspecified atom stereocenters. The van der Waals surface area contributed by atoms with E-state index in [2.05, 4.69) is 4.98 Å². The number of ether oxygens (including phenoxy) is 1. The van der Waals surface area contributed by atoms with E-state index in [1.54, 1.807) is 7.11 Å². The third kappa shape index (κ3) is 2.31. The van der Waals surface area contributed by atoms with Gasteiger partial charge in [0.25, 0.3) is 0 Å². The van der Waals surface area contributed by atoms with Crippen LogP contribution in [0.1, 0.15) is 11.5 Å². The molecule has 0 bridgehead atoms. The minimum Gasteiger partial charge on any atom is -0.650 e. The molecule has 4 nitrogen and oxygen atoms in total. The maximum absolute atomic E-state index is 5.60. The highest BCUT2D eigenvalue weighted by Crippen LogP contribution is 2.33. The van der Waals surface area contributed by atoms with Crippen LogP contribution in [0.5, 0.6) is 11.5 Å². The number of aromatic nitrogens is 1. The summed E-state index contributed by atoms with van der Waals surface area (Å²) in [5.41, 5.74) is 1.68. The molecule has 2 rings (SSSR count). The quantitative estimate of drug-likeness (QED) is 0.778. The van der Waals surface area contributed by atoms with Crippen molar-refractivity contribution in [3.63, 3.8) is 0 Å². The Morgan fingerprint density at radius 1 is 1.29 bits per heavy atom. The van der Waals surface area contributed by atoms with Gasteiger partial charge in [-0.3, -0.25) is 0 Å². The van der Waals surface area contributed by atoms with E-state index in [1.165, 1.54) is 16.6 Å². The third-order valence-electron chi connectivity index (χ3n) is 2.60. The lowest BCUT2D eigenvalue weighted by Gasteiger charge is -2.09. The number of oxazole rings is 1. The van der Waals surface area contributed by atoms with Crippen LogP contribution >= 0.6 is 0 Å². The zero-order chi connectivity index (χ0) is 12.4. The lowest BCUT2D eigenvalue weighted by atomic mass is 10.2. The van der Waals surface area contributed by atoms with Crippen LogP contribution in [0.25, 0.3) is 11.5 Å². The van der Waals surface area contributed by atoms with Gasteiger partial charge in [-0.05, 0) is 32.0 Å². The first-order valence-electron chi connectivity index (χ1n) is 5.20. The summed E-state index contributed by atoms with van der Waals surface area (Å²) in [7, 11) is 1.62. The van der Waals surface area contributed by atoms with Crippen LogP contribution in [0.2, 0.25) is 0 Å². The predicted octanol–water partition coefficient (Wildman–Crippen LogP) is 2.16. The normalized spacial score (nSPS) is 10.3. The summed E-state index contributed by atoms with van der Waals surface area (Å²) < 4.78 is 16.1. The molecular weight excluding hydrogens is 233 g/mol. The summed E-state index contributed by atoms with van der Waals surface area (Å²) in [5, 5.41) is 0. The van der Waals surface area contributed by atoms with Crippen LogP contribution < -0.4 is 8.53 Å². The zero-order valence-corrected chi connectivity index (χ0v) is 11.5. The van der Waals surface area contributed by atoms with E-state index < -0.39 is 0 Å². The standard InChI is InChI=1S/C12H13NO3.Al.H/c1-7-8(2)16-12(13-7)10-6-9(15-3)4-5-11(10)14;;/h4-6,14H,1-3H3;;/q;+1;/p-1. The highest BCUT2D eigenvalue weighted by molar-refractivity contribution is 6.00. The number of hydrogen-bond acceptors (Lipinski definition) is 4. The van der Waals surface area contributed by atoms with Crippen LogP contribution in [-0.2, 0) is 0 Å². The number of nitrogens with zero attached hydrogens (tertiary/aromatic N) is 1. The molecule has 87 valence electrons. The summed E-state index contributed by atoms with van der Waals surface area (Å²) in [4.78, 5) is 4.37. The van der Waals surface area contributed by atoms with Gasteiger partial charge in [-0.15, -0.1) is 0 Å². The first kappa shape index (κ1) is 12.0. The third-order valence-corrected chi connectivity index (χ3v) is 2.91. The summed E-state index contributed by atoms with van der Waals surface area (Å²) in [6, 6.07) is 5.54. The van der Waals surface area contributed by atoms with Gasteiger partial charge in [0.05, 0.1) is 24.1 Å². The van der Waals surface area contributed by atoms with Crippen LogP contribution in [0, 0.1) is 13.8 Å². The van der Waals surface area contributed by atoms with E-state index in [9.17, 15) is 0 Å². The molecule has 0 aliphatic carbocycles. The SMILES string of the molecule is COc1ccc([O][AlH])c(-c2nc(C)c(C)o2)c1. The molecule has 5 heteroatoms. The van der Waals surface area contributed by atoms with E-state index in [-0.39, 0.29) is 0 Å². The number of aryl methyl sites for hydroxylation is 2. The molecule has 0 saturated heterocycles. The summed E-state index contributed by atoms with van der Waals surface area (Å²) in [5.74, 6) is 2.84. The van der Waals surface area contributed by atoms with Gasteiger partial charge in [-0.25, -0.2) is 4.98 Å². The Labute approximate surface area is 108 Å². The zero-order valence-electron chi connectivity index (χ0n) is 10.1. The Morgan fingerprint density at radius 3 is 2.59 bits per heavy atom. The van der Waals surface area contributed by atoms with Gasteiger partial charge in [-0.1, -0.05) is 0 Å². The topological polar surface area (TPSA) is 44.5 Å². The van der Waals surface area contributed by atoms with Gasteiger partial charge >= 0.3 is 16.6 Å². The van der Waals surface area contributed by atoms with Crippen molar-refractivity contribution < 1.29 is 12.9 Å². The second-order valence-electron chi connectivity index (χ2n) is 3.67. The van der Waals surface area contributed by atoms with Gasteiger partial charge in [0.1, 0.15) is 11.5 Å². The van der Waals surface area contributed by atoms with Gasteiger partial charge < -0.3 is 12.9 Å². The maximum atomic E-state index is 5.60. The second kappa shape index (κ2) is 4.82. The van der Waals surface area contributed by atoms with Crippen molar-refractivity contribution in [3.05, 3.63) is 29.7 Å². The lowest BCUT2D eigenvalue weighted by Crippen LogP contribution is -1.91. The molecule has 1 aromatic carbocycles.